The maximum atomic E-state index is 12.1. The molecule has 3 aromatic rings. The monoisotopic (exact) mass is 348 g/mol. The van der Waals surface area contributed by atoms with Crippen LogP contribution in [0.4, 0.5) is 5.82 Å². The van der Waals surface area contributed by atoms with Gasteiger partial charge in [0.1, 0.15) is 11.3 Å². The van der Waals surface area contributed by atoms with Crippen LogP contribution in [-0.4, -0.2) is 11.1 Å². The van der Waals surface area contributed by atoms with Gasteiger partial charge < -0.3 is 14.3 Å². The van der Waals surface area contributed by atoms with Crippen LogP contribution in [0.15, 0.2) is 37.9 Å². The fourth-order valence-electron chi connectivity index (χ4n) is 2.17. The Morgan fingerprint density at radius 2 is 2.14 bits per heavy atom. The Bertz CT molecular complexity index is 820. The third-order valence-corrected chi connectivity index (χ3v) is 3.77. The molecule has 1 aromatic carbocycles. The molecule has 3 rings (SSSR count). The Balaban J connectivity index is 1.85. The zero-order valence-corrected chi connectivity index (χ0v) is 13.2. The van der Waals surface area contributed by atoms with Gasteiger partial charge in [0.2, 0.25) is 5.91 Å². The van der Waals surface area contributed by atoms with Gasteiger partial charge in [0.25, 0.3) is 0 Å². The highest BCUT2D eigenvalue weighted by Gasteiger charge is 2.16. The molecule has 0 saturated heterocycles. The lowest BCUT2D eigenvalue weighted by Crippen LogP contribution is -2.14. The van der Waals surface area contributed by atoms with Crippen molar-refractivity contribution in [3.8, 4) is 0 Å². The maximum Gasteiger partial charge on any atom is 0.230 e. The van der Waals surface area contributed by atoms with Gasteiger partial charge in [0, 0.05) is 17.0 Å². The highest BCUT2D eigenvalue weighted by Crippen LogP contribution is 2.31. The Labute approximate surface area is 129 Å². The van der Waals surface area contributed by atoms with Gasteiger partial charge in [-0.05, 0) is 41.9 Å². The summed E-state index contributed by atoms with van der Waals surface area (Å²) < 4.78 is 11.1. The van der Waals surface area contributed by atoms with E-state index in [0.717, 1.165) is 22.1 Å². The van der Waals surface area contributed by atoms with E-state index in [1.54, 1.807) is 13.0 Å². The van der Waals surface area contributed by atoms with Gasteiger partial charge in [0.05, 0.1) is 6.42 Å². The largest absolute Gasteiger partial charge is 0.449 e. The SMILES string of the molecule is Cc1ccc2oc(Br)c(CC(=O)Nc3cc(C)on3)c2c1. The number of furan rings is 1. The van der Waals surface area contributed by atoms with Crippen LogP contribution in [-0.2, 0) is 11.2 Å². The van der Waals surface area contributed by atoms with Crippen LogP contribution in [0.1, 0.15) is 16.9 Å². The van der Waals surface area contributed by atoms with Crippen molar-refractivity contribution in [3.63, 3.8) is 0 Å². The average Bonchev–Trinajstić information content (AvgIpc) is 2.95. The Kier molecular flexibility index (Phi) is 3.55. The molecule has 0 aliphatic carbocycles. The van der Waals surface area contributed by atoms with Crippen LogP contribution >= 0.6 is 15.9 Å². The third-order valence-electron chi connectivity index (χ3n) is 3.13. The number of nitrogens with zero attached hydrogens (tertiary/aromatic N) is 1. The smallest absolute Gasteiger partial charge is 0.230 e. The predicted molar refractivity (Wildman–Crippen MR) is 82.2 cm³/mol. The normalized spacial score (nSPS) is 11.0. The van der Waals surface area contributed by atoms with Gasteiger partial charge in [-0.2, -0.15) is 0 Å². The summed E-state index contributed by atoms with van der Waals surface area (Å²) >= 11 is 3.37. The van der Waals surface area contributed by atoms with E-state index >= 15 is 0 Å². The summed E-state index contributed by atoms with van der Waals surface area (Å²) in [6, 6.07) is 7.55. The number of hydrogen-bond acceptors (Lipinski definition) is 4. The van der Waals surface area contributed by atoms with E-state index in [4.69, 9.17) is 8.94 Å². The summed E-state index contributed by atoms with van der Waals surface area (Å²) in [7, 11) is 0. The van der Waals surface area contributed by atoms with Crippen molar-refractivity contribution in [3.05, 3.63) is 45.8 Å². The highest BCUT2D eigenvalue weighted by molar-refractivity contribution is 9.10. The molecule has 1 amide bonds. The Morgan fingerprint density at radius 3 is 2.86 bits per heavy atom. The minimum atomic E-state index is -0.173. The van der Waals surface area contributed by atoms with Crippen molar-refractivity contribution in [2.24, 2.45) is 0 Å². The van der Waals surface area contributed by atoms with Gasteiger partial charge in [-0.15, -0.1) is 0 Å². The van der Waals surface area contributed by atoms with Crippen molar-refractivity contribution in [1.29, 1.82) is 0 Å². The molecule has 0 atom stereocenters. The fraction of sp³-hybridized carbons (Fsp3) is 0.200. The number of benzene rings is 1. The predicted octanol–water partition coefficient (Wildman–Crippen LogP) is 3.98. The van der Waals surface area contributed by atoms with Crippen LogP contribution in [0, 0.1) is 13.8 Å². The molecule has 6 heteroatoms. The number of carbonyl (C=O) groups excluding carboxylic acids is 1. The molecule has 2 heterocycles. The quantitative estimate of drug-likeness (QED) is 0.777. The zero-order chi connectivity index (χ0) is 15.0. The van der Waals surface area contributed by atoms with Crippen LogP contribution < -0.4 is 5.32 Å². The second kappa shape index (κ2) is 5.37. The molecule has 2 aromatic heterocycles. The minimum absolute atomic E-state index is 0.173. The molecule has 0 bridgehead atoms. The number of amides is 1. The van der Waals surface area contributed by atoms with Crippen molar-refractivity contribution in [2.45, 2.75) is 20.3 Å². The molecule has 108 valence electrons. The molecule has 5 nitrogen and oxygen atoms in total. The molecule has 21 heavy (non-hydrogen) atoms. The van der Waals surface area contributed by atoms with E-state index < -0.39 is 0 Å². The highest BCUT2D eigenvalue weighted by atomic mass is 79.9. The summed E-state index contributed by atoms with van der Waals surface area (Å²) in [6.07, 6.45) is 0.197. The number of hydrogen-bond donors (Lipinski definition) is 1. The lowest BCUT2D eigenvalue weighted by atomic mass is 10.1. The summed E-state index contributed by atoms with van der Waals surface area (Å²) in [5, 5.41) is 7.38. The van der Waals surface area contributed by atoms with Crippen LogP contribution in [0.25, 0.3) is 11.0 Å². The lowest BCUT2D eigenvalue weighted by molar-refractivity contribution is -0.115. The first-order valence-corrected chi connectivity index (χ1v) is 7.23. The van der Waals surface area contributed by atoms with Crippen LogP contribution in [0.2, 0.25) is 0 Å². The van der Waals surface area contributed by atoms with Crippen molar-refractivity contribution < 1.29 is 13.7 Å². The minimum Gasteiger partial charge on any atom is -0.449 e. The summed E-state index contributed by atoms with van der Waals surface area (Å²) in [4.78, 5) is 12.1. The maximum absolute atomic E-state index is 12.1. The lowest BCUT2D eigenvalue weighted by Gasteiger charge is -2.01. The molecule has 0 unspecified atom stereocenters. The van der Waals surface area contributed by atoms with Crippen LogP contribution in [0.3, 0.4) is 0 Å². The molecule has 1 N–H and O–H groups in total. The number of fused-ring (bicyclic) bond motifs is 1. The first-order chi connectivity index (χ1) is 10.0. The molecule has 0 radical (unpaired) electrons. The Hall–Kier alpha value is -2.08. The van der Waals surface area contributed by atoms with Crippen molar-refractivity contribution in [1.82, 2.24) is 5.16 Å². The molecule has 0 aliphatic heterocycles. The van der Waals surface area contributed by atoms with E-state index in [2.05, 4.69) is 26.4 Å². The number of nitrogens with one attached hydrogen (secondary N) is 1. The van der Waals surface area contributed by atoms with Crippen molar-refractivity contribution >= 4 is 38.6 Å². The van der Waals surface area contributed by atoms with Gasteiger partial charge in [-0.25, -0.2) is 0 Å². The summed E-state index contributed by atoms with van der Waals surface area (Å²) in [6.45, 7) is 3.77. The zero-order valence-electron chi connectivity index (χ0n) is 11.6. The average molecular weight is 349 g/mol. The van der Waals surface area contributed by atoms with Crippen molar-refractivity contribution in [2.75, 3.05) is 5.32 Å². The van der Waals surface area contributed by atoms with Gasteiger partial charge in [-0.3, -0.25) is 4.79 Å². The first-order valence-electron chi connectivity index (χ1n) is 6.43. The van der Waals surface area contributed by atoms with Gasteiger partial charge in [-0.1, -0.05) is 16.8 Å². The molecule has 0 fully saturated rings. The number of rotatable bonds is 3. The second-order valence-electron chi connectivity index (χ2n) is 4.90. The number of aromatic nitrogens is 1. The fourth-order valence-corrected chi connectivity index (χ4v) is 2.70. The molecule has 0 aliphatic rings. The first kappa shape index (κ1) is 13.9. The van der Waals surface area contributed by atoms with E-state index in [0.29, 0.717) is 16.2 Å². The number of anilines is 1. The molecular weight excluding hydrogens is 336 g/mol. The van der Waals surface area contributed by atoms with E-state index in [9.17, 15) is 4.79 Å². The van der Waals surface area contributed by atoms with E-state index in [1.165, 1.54) is 0 Å². The van der Waals surface area contributed by atoms with Gasteiger partial charge in [0.15, 0.2) is 10.5 Å². The molecule has 0 spiro atoms. The number of carbonyl (C=O) groups is 1. The van der Waals surface area contributed by atoms with Gasteiger partial charge >= 0.3 is 0 Å². The summed E-state index contributed by atoms with van der Waals surface area (Å²) in [5.74, 6) is 0.890. The van der Waals surface area contributed by atoms with Crippen LogP contribution in [0.5, 0.6) is 0 Å². The number of aryl methyl sites for hydroxylation is 2. The van der Waals surface area contributed by atoms with E-state index in [-0.39, 0.29) is 12.3 Å². The summed E-state index contributed by atoms with van der Waals surface area (Å²) in [5.41, 5.74) is 2.70. The topological polar surface area (TPSA) is 68.3 Å². The second-order valence-corrected chi connectivity index (χ2v) is 5.62. The molecular formula is C15H13BrN2O3. The number of halogens is 1. The molecule has 0 saturated carbocycles. The Morgan fingerprint density at radius 1 is 1.33 bits per heavy atom. The third kappa shape index (κ3) is 2.85. The standard InChI is InChI=1S/C15H13BrN2O3/c1-8-3-4-12-10(5-8)11(15(16)20-12)7-14(19)17-13-6-9(2)21-18-13/h3-6H,7H2,1-2H3,(H,17,18,19). The van der Waals surface area contributed by atoms with E-state index in [1.807, 2.05) is 25.1 Å².